The molecule has 2 aromatic carbocycles. The number of carbonyl (C=O) groups excluding carboxylic acids is 2. The van der Waals surface area contributed by atoms with Gasteiger partial charge in [0.15, 0.2) is 5.17 Å². The van der Waals surface area contributed by atoms with Gasteiger partial charge in [-0.2, -0.15) is 0 Å². The first-order valence-corrected chi connectivity index (χ1v) is 11.6. The zero-order valence-corrected chi connectivity index (χ0v) is 18.6. The fraction of sp³-hybridized carbons (Fsp3) is 0.333. The predicted octanol–water partition coefficient (Wildman–Crippen LogP) is 4.19. The van der Waals surface area contributed by atoms with E-state index in [1.165, 1.54) is 17.3 Å². The quantitative estimate of drug-likeness (QED) is 0.664. The van der Waals surface area contributed by atoms with E-state index in [9.17, 15) is 9.59 Å². The number of benzene rings is 2. The van der Waals surface area contributed by atoms with E-state index in [0.717, 1.165) is 29.7 Å². The Bertz CT molecular complexity index is 1050. The van der Waals surface area contributed by atoms with Crippen molar-refractivity contribution in [3.8, 4) is 0 Å². The zero-order valence-electron chi connectivity index (χ0n) is 17.8. The first-order chi connectivity index (χ1) is 15.1. The number of nitrogens with zero attached hydrogens (tertiary/aromatic N) is 3. The fourth-order valence-corrected chi connectivity index (χ4v) is 4.47. The van der Waals surface area contributed by atoms with E-state index >= 15 is 0 Å². The van der Waals surface area contributed by atoms with Crippen LogP contribution in [-0.2, 0) is 15.3 Å². The van der Waals surface area contributed by atoms with Gasteiger partial charge in [0, 0.05) is 17.9 Å². The molecular formula is C24H26N4O2S. The summed E-state index contributed by atoms with van der Waals surface area (Å²) in [5.41, 5.74) is 3.99. The number of nitrogens with one attached hydrogen (secondary N) is 1. The Labute approximate surface area is 186 Å². The maximum Gasteiger partial charge on any atom is 0.259 e. The number of aliphatic imine (C=N–C) groups is 2. The SMILES string of the molecule is CCCCNC(=O)C[C@H]1N=C2c3ccccc3N=C(SCc3ccc(C)cc3)N2C1=O. The number of hydrogen-bond donors (Lipinski definition) is 1. The van der Waals surface area contributed by atoms with Gasteiger partial charge in [-0.1, -0.05) is 67.1 Å². The van der Waals surface area contributed by atoms with Gasteiger partial charge < -0.3 is 5.32 Å². The molecule has 6 nitrogen and oxygen atoms in total. The molecule has 0 fully saturated rings. The lowest BCUT2D eigenvalue weighted by molar-refractivity contribution is -0.128. The van der Waals surface area contributed by atoms with Gasteiger partial charge in [-0.15, -0.1) is 0 Å². The average Bonchev–Trinajstić information content (AvgIpc) is 3.10. The Hall–Kier alpha value is -2.93. The summed E-state index contributed by atoms with van der Waals surface area (Å²) < 4.78 is 0. The van der Waals surface area contributed by atoms with Crippen molar-refractivity contribution in [2.75, 3.05) is 6.54 Å². The van der Waals surface area contributed by atoms with Gasteiger partial charge in [-0.05, 0) is 31.0 Å². The van der Waals surface area contributed by atoms with E-state index in [-0.39, 0.29) is 18.2 Å². The van der Waals surface area contributed by atoms with Crippen LogP contribution in [-0.4, -0.2) is 40.3 Å². The van der Waals surface area contributed by atoms with Gasteiger partial charge >= 0.3 is 0 Å². The largest absolute Gasteiger partial charge is 0.356 e. The molecule has 0 aliphatic carbocycles. The smallest absolute Gasteiger partial charge is 0.259 e. The molecule has 1 atom stereocenters. The minimum atomic E-state index is -0.715. The Morgan fingerprint density at radius 2 is 1.94 bits per heavy atom. The molecule has 2 aliphatic heterocycles. The lowest BCUT2D eigenvalue weighted by Crippen LogP contribution is -2.42. The second-order valence-corrected chi connectivity index (χ2v) is 8.68. The minimum Gasteiger partial charge on any atom is -0.356 e. The molecule has 31 heavy (non-hydrogen) atoms. The van der Waals surface area contributed by atoms with E-state index in [1.807, 2.05) is 24.3 Å². The van der Waals surface area contributed by atoms with Crippen LogP contribution in [0.3, 0.4) is 0 Å². The highest BCUT2D eigenvalue weighted by molar-refractivity contribution is 8.13. The van der Waals surface area contributed by atoms with Crippen molar-refractivity contribution in [1.29, 1.82) is 0 Å². The molecule has 160 valence electrons. The number of thioether (sulfide) groups is 1. The number of unbranched alkanes of at least 4 members (excludes halogenated alkanes) is 1. The summed E-state index contributed by atoms with van der Waals surface area (Å²) in [6.45, 7) is 4.75. The normalized spacial score (nSPS) is 17.0. The second kappa shape index (κ2) is 9.47. The molecular weight excluding hydrogens is 408 g/mol. The summed E-state index contributed by atoms with van der Waals surface area (Å²) in [4.78, 5) is 36.5. The maximum absolute atomic E-state index is 13.2. The van der Waals surface area contributed by atoms with Crippen LogP contribution in [0.5, 0.6) is 0 Å². The number of amidine groups is 2. The van der Waals surface area contributed by atoms with Gasteiger partial charge in [0.05, 0.1) is 12.1 Å². The van der Waals surface area contributed by atoms with Crippen molar-refractivity contribution in [2.45, 2.75) is 44.9 Å². The number of aryl methyl sites for hydroxylation is 1. The molecule has 2 heterocycles. The van der Waals surface area contributed by atoms with Crippen molar-refractivity contribution >= 4 is 40.3 Å². The average molecular weight is 435 g/mol. The van der Waals surface area contributed by atoms with Crippen LogP contribution in [0.1, 0.15) is 42.9 Å². The molecule has 0 aromatic heterocycles. The third-order valence-corrected chi connectivity index (χ3v) is 6.28. The summed E-state index contributed by atoms with van der Waals surface area (Å²) in [6, 6.07) is 15.3. The van der Waals surface area contributed by atoms with Crippen LogP contribution in [0.2, 0.25) is 0 Å². The molecule has 0 saturated heterocycles. The monoisotopic (exact) mass is 434 g/mol. The lowest BCUT2D eigenvalue weighted by atomic mass is 10.1. The number of carbonyl (C=O) groups is 2. The first kappa shape index (κ1) is 21.3. The highest BCUT2D eigenvalue weighted by atomic mass is 32.2. The molecule has 7 heteroatoms. The topological polar surface area (TPSA) is 74.1 Å². The van der Waals surface area contributed by atoms with Gasteiger partial charge in [-0.3, -0.25) is 14.6 Å². The zero-order chi connectivity index (χ0) is 21.8. The summed E-state index contributed by atoms with van der Waals surface area (Å²) >= 11 is 1.51. The van der Waals surface area contributed by atoms with Crippen molar-refractivity contribution in [3.05, 3.63) is 65.2 Å². The van der Waals surface area contributed by atoms with Crippen molar-refractivity contribution < 1.29 is 9.59 Å². The van der Waals surface area contributed by atoms with Crippen molar-refractivity contribution in [1.82, 2.24) is 10.2 Å². The maximum atomic E-state index is 13.2. The Kier molecular flexibility index (Phi) is 6.51. The standard InChI is InChI=1S/C24H26N4O2S/c1-3-4-13-25-21(29)14-20-23(30)28-22(26-20)18-7-5-6-8-19(18)27-24(28)31-15-17-11-9-16(2)10-12-17/h5-12,20H,3-4,13-15H2,1-2H3,(H,25,29)/t20-/m1/s1. The van der Waals surface area contributed by atoms with Crippen LogP contribution in [0.15, 0.2) is 58.5 Å². The Morgan fingerprint density at radius 3 is 2.71 bits per heavy atom. The Balaban J connectivity index is 1.55. The minimum absolute atomic E-state index is 0.0562. The lowest BCUT2D eigenvalue weighted by Gasteiger charge is -2.25. The molecule has 2 aliphatic rings. The predicted molar refractivity (Wildman–Crippen MR) is 126 cm³/mol. The molecule has 0 unspecified atom stereocenters. The Morgan fingerprint density at radius 1 is 1.16 bits per heavy atom. The molecule has 1 N–H and O–H groups in total. The van der Waals surface area contributed by atoms with Crippen LogP contribution in [0.4, 0.5) is 5.69 Å². The van der Waals surface area contributed by atoms with Gasteiger partial charge in [0.25, 0.3) is 5.91 Å². The van der Waals surface area contributed by atoms with Crippen LogP contribution in [0, 0.1) is 6.92 Å². The van der Waals surface area contributed by atoms with E-state index in [2.05, 4.69) is 48.4 Å². The number of fused-ring (bicyclic) bond motifs is 3. The van der Waals surface area contributed by atoms with E-state index < -0.39 is 6.04 Å². The molecule has 0 radical (unpaired) electrons. The first-order valence-electron chi connectivity index (χ1n) is 10.6. The molecule has 4 rings (SSSR count). The van der Waals surface area contributed by atoms with E-state index in [4.69, 9.17) is 4.99 Å². The number of para-hydroxylation sites is 1. The van der Waals surface area contributed by atoms with E-state index in [1.54, 1.807) is 4.90 Å². The van der Waals surface area contributed by atoms with Crippen LogP contribution in [0.25, 0.3) is 0 Å². The summed E-state index contributed by atoms with van der Waals surface area (Å²) in [5.74, 6) is 0.953. The summed E-state index contributed by atoms with van der Waals surface area (Å²) in [5, 5.41) is 3.49. The summed E-state index contributed by atoms with van der Waals surface area (Å²) in [6.07, 6.45) is 1.99. The highest BCUT2D eigenvalue weighted by Crippen LogP contribution is 2.34. The molecule has 2 amide bonds. The number of amides is 2. The molecule has 0 saturated carbocycles. The van der Waals surface area contributed by atoms with Gasteiger partial charge in [-0.25, -0.2) is 9.89 Å². The number of hydrogen-bond acceptors (Lipinski definition) is 5. The fourth-order valence-electron chi connectivity index (χ4n) is 3.52. The third-order valence-electron chi connectivity index (χ3n) is 5.27. The second-order valence-electron chi connectivity index (χ2n) is 7.74. The molecule has 2 aromatic rings. The van der Waals surface area contributed by atoms with Gasteiger partial charge in [0.1, 0.15) is 11.9 Å². The summed E-state index contributed by atoms with van der Waals surface area (Å²) in [7, 11) is 0. The van der Waals surface area contributed by atoms with Crippen LogP contribution >= 0.6 is 11.8 Å². The molecule has 0 bridgehead atoms. The van der Waals surface area contributed by atoms with Crippen molar-refractivity contribution in [2.24, 2.45) is 9.98 Å². The van der Waals surface area contributed by atoms with Crippen LogP contribution < -0.4 is 5.32 Å². The van der Waals surface area contributed by atoms with E-state index in [0.29, 0.717) is 23.3 Å². The third kappa shape index (κ3) is 4.71. The number of rotatable bonds is 7. The van der Waals surface area contributed by atoms with Gasteiger partial charge in [0.2, 0.25) is 5.91 Å². The highest BCUT2D eigenvalue weighted by Gasteiger charge is 2.41. The molecule has 0 spiro atoms. The van der Waals surface area contributed by atoms with Crippen molar-refractivity contribution in [3.63, 3.8) is 0 Å².